The summed E-state index contributed by atoms with van der Waals surface area (Å²) in [6.07, 6.45) is 0. The lowest BCUT2D eigenvalue weighted by Gasteiger charge is -2.02. The van der Waals surface area contributed by atoms with E-state index in [9.17, 15) is 0 Å². The highest BCUT2D eigenvalue weighted by atomic mass is 79.9. The first-order valence-corrected chi connectivity index (χ1v) is 5.67. The second-order valence-corrected chi connectivity index (χ2v) is 5.47. The maximum Gasteiger partial charge on any atom is 0.128 e. The van der Waals surface area contributed by atoms with Crippen molar-refractivity contribution >= 4 is 15.9 Å². The Morgan fingerprint density at radius 3 is 2.64 bits per heavy atom. The van der Waals surface area contributed by atoms with E-state index in [1.807, 2.05) is 11.7 Å². The molecule has 0 amide bonds. The Balaban J connectivity index is 2.30. The van der Waals surface area contributed by atoms with Crippen LogP contribution < -0.4 is 5.73 Å². The van der Waals surface area contributed by atoms with Crippen molar-refractivity contribution in [3.63, 3.8) is 0 Å². The van der Waals surface area contributed by atoms with Gasteiger partial charge in [-0.05, 0) is 39.9 Å². The predicted octanol–water partition coefficient (Wildman–Crippen LogP) is 1.88. The molecule has 1 aromatic heterocycles. The number of hydrogen-bond donors (Lipinski definition) is 1. The van der Waals surface area contributed by atoms with E-state index in [1.165, 1.54) is 5.69 Å². The zero-order chi connectivity index (χ0) is 10.5. The van der Waals surface area contributed by atoms with Crippen LogP contribution in [0.15, 0.2) is 10.7 Å². The van der Waals surface area contributed by atoms with E-state index in [2.05, 4.69) is 40.9 Å². The molecule has 0 saturated heterocycles. The average molecular weight is 258 g/mol. The molecule has 0 radical (unpaired) electrons. The third-order valence-electron chi connectivity index (χ3n) is 3.51. The molecule has 2 rings (SSSR count). The minimum absolute atomic E-state index is 0.335. The van der Waals surface area contributed by atoms with Crippen molar-refractivity contribution in [1.82, 2.24) is 9.78 Å². The quantitative estimate of drug-likeness (QED) is 0.880. The van der Waals surface area contributed by atoms with Gasteiger partial charge in [-0.25, -0.2) is 0 Å². The van der Waals surface area contributed by atoms with Crippen molar-refractivity contribution in [3.05, 3.63) is 16.4 Å². The van der Waals surface area contributed by atoms with Gasteiger partial charge in [-0.3, -0.25) is 4.68 Å². The third kappa shape index (κ3) is 1.32. The summed E-state index contributed by atoms with van der Waals surface area (Å²) >= 11 is 3.40. The second-order valence-electron chi connectivity index (χ2n) is 4.66. The lowest BCUT2D eigenvalue weighted by molar-refractivity contribution is 0.553. The van der Waals surface area contributed by atoms with E-state index < -0.39 is 0 Å². The van der Waals surface area contributed by atoms with Crippen molar-refractivity contribution in [3.8, 4) is 0 Å². The van der Waals surface area contributed by atoms with Crippen molar-refractivity contribution in [1.29, 1.82) is 0 Å². The molecule has 1 heterocycles. The van der Waals surface area contributed by atoms with Crippen LogP contribution in [-0.4, -0.2) is 16.3 Å². The molecule has 1 fully saturated rings. The van der Waals surface area contributed by atoms with Gasteiger partial charge in [-0.2, -0.15) is 5.10 Å². The van der Waals surface area contributed by atoms with Gasteiger partial charge in [0.25, 0.3) is 0 Å². The molecule has 1 saturated carbocycles. The predicted molar refractivity (Wildman–Crippen MR) is 60.0 cm³/mol. The van der Waals surface area contributed by atoms with Gasteiger partial charge in [-0.15, -0.1) is 0 Å². The molecule has 0 aliphatic heterocycles. The number of aromatic nitrogens is 2. The summed E-state index contributed by atoms with van der Waals surface area (Å²) < 4.78 is 2.86. The van der Waals surface area contributed by atoms with Crippen LogP contribution in [-0.2, 0) is 7.05 Å². The van der Waals surface area contributed by atoms with Gasteiger partial charge in [0, 0.05) is 18.7 Å². The molecule has 0 bridgehead atoms. The fourth-order valence-electron chi connectivity index (χ4n) is 2.51. The topological polar surface area (TPSA) is 43.8 Å². The summed E-state index contributed by atoms with van der Waals surface area (Å²) in [4.78, 5) is 0. The van der Waals surface area contributed by atoms with Gasteiger partial charge in [0.15, 0.2) is 0 Å². The molecule has 0 spiro atoms. The van der Waals surface area contributed by atoms with E-state index in [0.29, 0.717) is 17.3 Å². The molecule has 0 aromatic carbocycles. The lowest BCUT2D eigenvalue weighted by Crippen LogP contribution is -2.05. The maximum absolute atomic E-state index is 5.75. The number of rotatable bonds is 2. The minimum atomic E-state index is 0.335. The first-order chi connectivity index (χ1) is 6.48. The minimum Gasteiger partial charge on any atom is -0.330 e. The second kappa shape index (κ2) is 3.07. The van der Waals surface area contributed by atoms with Crippen LogP contribution in [0.1, 0.15) is 25.5 Å². The van der Waals surface area contributed by atoms with E-state index in [-0.39, 0.29) is 0 Å². The Kier molecular flexibility index (Phi) is 2.23. The Bertz CT molecular complexity index is 356. The number of halogens is 1. The molecule has 3 nitrogen and oxygen atoms in total. The van der Waals surface area contributed by atoms with Crippen LogP contribution in [0, 0.1) is 11.3 Å². The van der Waals surface area contributed by atoms with Gasteiger partial charge in [0.05, 0.1) is 0 Å². The largest absolute Gasteiger partial charge is 0.330 e. The SMILES string of the molecule is Cn1nc(Br)cc1[C@@H]1[C@@H](CN)C1(C)C. The average Bonchev–Trinajstić information content (AvgIpc) is 2.46. The van der Waals surface area contributed by atoms with Crippen LogP contribution in [0.3, 0.4) is 0 Å². The molecule has 4 heteroatoms. The van der Waals surface area contributed by atoms with Gasteiger partial charge < -0.3 is 5.73 Å². The van der Waals surface area contributed by atoms with Crippen LogP contribution in [0.2, 0.25) is 0 Å². The highest BCUT2D eigenvalue weighted by Crippen LogP contribution is 2.63. The summed E-state index contributed by atoms with van der Waals surface area (Å²) in [6, 6.07) is 2.10. The van der Waals surface area contributed by atoms with E-state index in [1.54, 1.807) is 0 Å². The summed E-state index contributed by atoms with van der Waals surface area (Å²) in [5.74, 6) is 1.17. The van der Waals surface area contributed by atoms with Crippen LogP contribution in [0.25, 0.3) is 0 Å². The van der Waals surface area contributed by atoms with Crippen LogP contribution in [0.4, 0.5) is 0 Å². The fourth-order valence-corrected chi connectivity index (χ4v) is 2.98. The van der Waals surface area contributed by atoms with Gasteiger partial charge in [-0.1, -0.05) is 13.8 Å². The first-order valence-electron chi connectivity index (χ1n) is 4.88. The van der Waals surface area contributed by atoms with E-state index in [0.717, 1.165) is 11.1 Å². The van der Waals surface area contributed by atoms with Crippen molar-refractivity contribution < 1.29 is 0 Å². The summed E-state index contributed by atoms with van der Waals surface area (Å²) in [6.45, 7) is 5.31. The molecule has 1 aliphatic rings. The molecule has 0 unspecified atom stereocenters. The molecule has 1 aromatic rings. The number of aryl methyl sites for hydroxylation is 1. The van der Waals surface area contributed by atoms with Crippen molar-refractivity contribution in [2.45, 2.75) is 19.8 Å². The highest BCUT2D eigenvalue weighted by Gasteiger charge is 2.58. The number of hydrogen-bond acceptors (Lipinski definition) is 2. The molecule has 2 atom stereocenters. The Morgan fingerprint density at radius 1 is 1.64 bits per heavy atom. The molecular weight excluding hydrogens is 242 g/mol. The standard InChI is InChI=1S/C10H16BrN3/c1-10(2)6(5-12)9(10)7-4-8(11)13-14(7)3/h4,6,9H,5,12H2,1-3H3/t6-,9+/m1/s1. The normalized spacial score (nSPS) is 29.2. The molecule has 14 heavy (non-hydrogen) atoms. The van der Waals surface area contributed by atoms with E-state index >= 15 is 0 Å². The lowest BCUT2D eigenvalue weighted by atomic mass is 10.1. The molecule has 2 N–H and O–H groups in total. The van der Waals surface area contributed by atoms with Crippen molar-refractivity contribution in [2.75, 3.05) is 6.54 Å². The fraction of sp³-hybridized carbons (Fsp3) is 0.700. The Morgan fingerprint density at radius 2 is 2.29 bits per heavy atom. The van der Waals surface area contributed by atoms with Gasteiger partial charge in [0.2, 0.25) is 0 Å². The molecule has 78 valence electrons. The summed E-state index contributed by atoms with van der Waals surface area (Å²) in [5, 5.41) is 4.30. The number of nitrogens with two attached hydrogens (primary N) is 1. The molecular formula is C10H16BrN3. The van der Waals surface area contributed by atoms with Gasteiger partial charge in [0.1, 0.15) is 4.60 Å². The van der Waals surface area contributed by atoms with Gasteiger partial charge >= 0.3 is 0 Å². The maximum atomic E-state index is 5.75. The summed E-state index contributed by atoms with van der Waals surface area (Å²) in [5.41, 5.74) is 7.38. The van der Waals surface area contributed by atoms with Crippen LogP contribution >= 0.6 is 15.9 Å². The first kappa shape index (κ1) is 10.2. The third-order valence-corrected chi connectivity index (χ3v) is 3.90. The monoisotopic (exact) mass is 257 g/mol. The number of nitrogens with zero attached hydrogens (tertiary/aromatic N) is 2. The summed E-state index contributed by atoms with van der Waals surface area (Å²) in [7, 11) is 1.99. The van der Waals surface area contributed by atoms with Crippen molar-refractivity contribution in [2.24, 2.45) is 24.1 Å². The zero-order valence-electron chi connectivity index (χ0n) is 8.79. The highest BCUT2D eigenvalue weighted by molar-refractivity contribution is 9.10. The zero-order valence-corrected chi connectivity index (χ0v) is 10.4. The Hall–Kier alpha value is -0.350. The Labute approximate surface area is 92.8 Å². The van der Waals surface area contributed by atoms with Crippen LogP contribution in [0.5, 0.6) is 0 Å². The van der Waals surface area contributed by atoms with E-state index in [4.69, 9.17) is 5.73 Å². The molecule has 1 aliphatic carbocycles. The smallest absolute Gasteiger partial charge is 0.128 e.